The predicted octanol–water partition coefficient (Wildman–Crippen LogP) is 3.21. The molecule has 0 aromatic heterocycles. The number of nitro benzene ring substituents is 1. The van der Waals surface area contributed by atoms with E-state index in [0.29, 0.717) is 5.75 Å². The molecule has 2 rings (SSSR count). The van der Waals surface area contributed by atoms with Gasteiger partial charge in [-0.05, 0) is 25.3 Å². The second-order valence-electron chi connectivity index (χ2n) is 3.64. The quantitative estimate of drug-likeness (QED) is 0.627. The highest BCUT2D eigenvalue weighted by atomic mass is 79.9. The fraction of sp³-hybridized carbons (Fsp3) is 0.400. The first-order chi connectivity index (χ1) is 7.08. The lowest BCUT2D eigenvalue weighted by Gasteiger charge is -2.07. The summed E-state index contributed by atoms with van der Waals surface area (Å²) in [5, 5.41) is 10.8. The zero-order valence-corrected chi connectivity index (χ0v) is 9.78. The molecule has 1 aromatic carbocycles. The molecule has 0 unspecified atom stereocenters. The number of nitro groups is 1. The lowest BCUT2D eigenvalue weighted by molar-refractivity contribution is -0.386. The predicted molar refractivity (Wildman–Crippen MR) is 59.2 cm³/mol. The molecule has 1 aromatic rings. The maximum atomic E-state index is 10.8. The molecule has 1 fully saturated rings. The van der Waals surface area contributed by atoms with E-state index in [-0.39, 0.29) is 11.8 Å². The fourth-order valence-electron chi connectivity index (χ4n) is 1.25. The summed E-state index contributed by atoms with van der Waals surface area (Å²) < 4.78 is 6.32. The van der Waals surface area contributed by atoms with E-state index in [9.17, 15) is 10.1 Å². The monoisotopic (exact) mass is 271 g/mol. The second-order valence-corrected chi connectivity index (χ2v) is 4.50. The summed E-state index contributed by atoms with van der Waals surface area (Å²) in [6.07, 6.45) is 2.14. The van der Waals surface area contributed by atoms with Crippen molar-refractivity contribution >= 4 is 21.6 Å². The van der Waals surface area contributed by atoms with Crippen molar-refractivity contribution in [3.8, 4) is 5.75 Å². The van der Waals surface area contributed by atoms with Gasteiger partial charge in [-0.15, -0.1) is 0 Å². The average molecular weight is 272 g/mol. The van der Waals surface area contributed by atoms with E-state index >= 15 is 0 Å². The minimum Gasteiger partial charge on any atom is -0.483 e. The van der Waals surface area contributed by atoms with Crippen LogP contribution in [0.2, 0.25) is 0 Å². The van der Waals surface area contributed by atoms with Crippen molar-refractivity contribution in [2.45, 2.75) is 25.9 Å². The van der Waals surface area contributed by atoms with Crippen molar-refractivity contribution in [2.75, 3.05) is 0 Å². The molecule has 1 aliphatic rings. The summed E-state index contributed by atoms with van der Waals surface area (Å²) in [6.45, 7) is 1.82. The minimum absolute atomic E-state index is 0.0441. The van der Waals surface area contributed by atoms with E-state index in [1.54, 1.807) is 6.07 Å². The van der Waals surface area contributed by atoms with Gasteiger partial charge in [-0.3, -0.25) is 10.1 Å². The molecule has 1 aliphatic carbocycles. The number of rotatable bonds is 3. The lowest BCUT2D eigenvalue weighted by atomic mass is 10.2. The van der Waals surface area contributed by atoms with Gasteiger partial charge >= 0.3 is 5.69 Å². The van der Waals surface area contributed by atoms with Crippen LogP contribution >= 0.6 is 15.9 Å². The third kappa shape index (κ3) is 2.28. The summed E-state index contributed by atoms with van der Waals surface area (Å²) in [5.41, 5.74) is 0.882. The van der Waals surface area contributed by atoms with Gasteiger partial charge in [0.2, 0.25) is 0 Å². The number of nitrogens with zero attached hydrogens (tertiary/aromatic N) is 1. The zero-order valence-electron chi connectivity index (χ0n) is 8.20. The molecule has 4 nitrogen and oxygen atoms in total. The number of benzene rings is 1. The summed E-state index contributed by atoms with van der Waals surface area (Å²) in [7, 11) is 0. The minimum atomic E-state index is -0.406. The van der Waals surface area contributed by atoms with E-state index in [2.05, 4.69) is 15.9 Å². The summed E-state index contributed by atoms with van der Waals surface area (Å²) in [5.74, 6) is 0.361. The topological polar surface area (TPSA) is 52.4 Å². The van der Waals surface area contributed by atoms with Crippen LogP contribution < -0.4 is 4.74 Å². The standard InChI is InChI=1S/C10H10BrNO3/c1-6-4-9(12(13)14)10(5-8(6)11)15-7-2-3-7/h4-5,7H,2-3H2,1H3. The van der Waals surface area contributed by atoms with Gasteiger partial charge in [-0.1, -0.05) is 15.9 Å². The van der Waals surface area contributed by atoms with Crippen molar-refractivity contribution in [2.24, 2.45) is 0 Å². The van der Waals surface area contributed by atoms with E-state index in [1.165, 1.54) is 6.07 Å². The van der Waals surface area contributed by atoms with Gasteiger partial charge in [0.1, 0.15) is 0 Å². The third-order valence-electron chi connectivity index (χ3n) is 2.25. The Balaban J connectivity index is 2.39. The number of hydrogen-bond acceptors (Lipinski definition) is 3. The van der Waals surface area contributed by atoms with Crippen LogP contribution in [0.25, 0.3) is 0 Å². The van der Waals surface area contributed by atoms with Crippen molar-refractivity contribution in [3.63, 3.8) is 0 Å². The highest BCUT2D eigenvalue weighted by Crippen LogP contribution is 2.36. The van der Waals surface area contributed by atoms with Crippen LogP contribution in [-0.2, 0) is 0 Å². The molecular formula is C10H10BrNO3. The van der Waals surface area contributed by atoms with Gasteiger partial charge < -0.3 is 4.74 Å². The highest BCUT2D eigenvalue weighted by Gasteiger charge is 2.27. The van der Waals surface area contributed by atoms with Crippen LogP contribution in [0.15, 0.2) is 16.6 Å². The Morgan fingerprint density at radius 1 is 1.53 bits per heavy atom. The number of halogens is 1. The van der Waals surface area contributed by atoms with E-state index in [0.717, 1.165) is 22.9 Å². The van der Waals surface area contributed by atoms with Crippen molar-refractivity contribution < 1.29 is 9.66 Å². The molecule has 0 heterocycles. The fourth-order valence-corrected chi connectivity index (χ4v) is 1.57. The number of aryl methyl sites for hydroxylation is 1. The highest BCUT2D eigenvalue weighted by molar-refractivity contribution is 9.10. The molecule has 0 spiro atoms. The molecule has 5 heteroatoms. The molecule has 15 heavy (non-hydrogen) atoms. The van der Waals surface area contributed by atoms with E-state index in [4.69, 9.17) is 4.74 Å². The Hall–Kier alpha value is -1.10. The molecule has 0 saturated heterocycles. The van der Waals surface area contributed by atoms with Gasteiger partial charge in [-0.25, -0.2) is 0 Å². The number of ether oxygens (including phenoxy) is 1. The molecular weight excluding hydrogens is 262 g/mol. The Bertz CT molecular complexity index is 415. The summed E-state index contributed by atoms with van der Waals surface area (Å²) in [6, 6.07) is 3.20. The second kappa shape index (κ2) is 3.81. The van der Waals surface area contributed by atoms with E-state index < -0.39 is 4.92 Å². The first-order valence-corrected chi connectivity index (χ1v) is 5.48. The first-order valence-electron chi connectivity index (χ1n) is 4.69. The SMILES string of the molecule is Cc1cc([N+](=O)[O-])c(OC2CC2)cc1Br. The first kappa shape index (κ1) is 10.4. The smallest absolute Gasteiger partial charge is 0.311 e. The molecule has 0 atom stereocenters. The van der Waals surface area contributed by atoms with Crippen LogP contribution in [-0.4, -0.2) is 11.0 Å². The zero-order chi connectivity index (χ0) is 11.0. The average Bonchev–Trinajstić information content (AvgIpc) is 2.94. The molecule has 0 radical (unpaired) electrons. The van der Waals surface area contributed by atoms with Crippen molar-refractivity contribution in [1.29, 1.82) is 0 Å². The van der Waals surface area contributed by atoms with Gasteiger partial charge in [-0.2, -0.15) is 0 Å². The van der Waals surface area contributed by atoms with Crippen LogP contribution in [0.3, 0.4) is 0 Å². The molecule has 1 saturated carbocycles. The normalized spacial score (nSPS) is 15.1. The van der Waals surface area contributed by atoms with Gasteiger partial charge in [0, 0.05) is 16.6 Å². The lowest BCUT2D eigenvalue weighted by Crippen LogP contribution is -2.00. The Morgan fingerprint density at radius 3 is 2.73 bits per heavy atom. The Kier molecular flexibility index (Phi) is 2.65. The van der Waals surface area contributed by atoms with Crippen molar-refractivity contribution in [1.82, 2.24) is 0 Å². The van der Waals surface area contributed by atoms with Gasteiger partial charge in [0.25, 0.3) is 0 Å². The summed E-state index contributed by atoms with van der Waals surface area (Å²) in [4.78, 5) is 10.4. The van der Waals surface area contributed by atoms with Gasteiger partial charge in [0.05, 0.1) is 11.0 Å². The maximum Gasteiger partial charge on any atom is 0.311 e. The van der Waals surface area contributed by atoms with Crippen molar-refractivity contribution in [3.05, 3.63) is 32.3 Å². The summed E-state index contributed by atoms with van der Waals surface area (Å²) >= 11 is 3.34. The maximum absolute atomic E-state index is 10.8. The molecule has 0 amide bonds. The van der Waals surface area contributed by atoms with Crippen LogP contribution in [0.1, 0.15) is 18.4 Å². The largest absolute Gasteiger partial charge is 0.483 e. The molecule has 0 aliphatic heterocycles. The van der Waals surface area contributed by atoms with Crippen LogP contribution in [0.4, 0.5) is 5.69 Å². The molecule has 80 valence electrons. The molecule has 0 N–H and O–H groups in total. The molecule has 0 bridgehead atoms. The third-order valence-corrected chi connectivity index (χ3v) is 3.11. The Labute approximate surface area is 95.5 Å². The van der Waals surface area contributed by atoms with E-state index in [1.807, 2.05) is 6.92 Å². The van der Waals surface area contributed by atoms with Gasteiger partial charge in [0.15, 0.2) is 5.75 Å². The number of hydrogen-bond donors (Lipinski definition) is 0. The van der Waals surface area contributed by atoms with Crippen LogP contribution in [0, 0.1) is 17.0 Å². The Morgan fingerprint density at radius 2 is 2.20 bits per heavy atom. The van der Waals surface area contributed by atoms with Crippen LogP contribution in [0.5, 0.6) is 5.75 Å².